The van der Waals surface area contributed by atoms with Crippen LogP contribution in [0.25, 0.3) is 11.1 Å². The number of fused-ring (bicyclic) bond motifs is 1. The number of pyridine rings is 1. The van der Waals surface area contributed by atoms with Crippen LogP contribution in [0.4, 0.5) is 16.2 Å². The van der Waals surface area contributed by atoms with E-state index in [1.165, 1.54) is 4.90 Å². The van der Waals surface area contributed by atoms with Crippen LogP contribution < -0.4 is 9.80 Å². The number of rotatable bonds is 4. The van der Waals surface area contributed by atoms with Crippen LogP contribution in [-0.4, -0.2) is 57.7 Å². The van der Waals surface area contributed by atoms with Gasteiger partial charge in [0.15, 0.2) is 0 Å². The van der Waals surface area contributed by atoms with E-state index in [1.54, 1.807) is 29.6 Å². The lowest BCUT2D eigenvalue weighted by Crippen LogP contribution is -2.52. The summed E-state index contributed by atoms with van der Waals surface area (Å²) in [7, 11) is 0. The third-order valence-corrected chi connectivity index (χ3v) is 5.92. The first-order valence-corrected chi connectivity index (χ1v) is 10.5. The van der Waals surface area contributed by atoms with Gasteiger partial charge in [0.05, 0.1) is 49.3 Å². The molecule has 4 heterocycles. The van der Waals surface area contributed by atoms with Gasteiger partial charge in [0.2, 0.25) is 5.91 Å². The molecule has 1 atom stereocenters. The summed E-state index contributed by atoms with van der Waals surface area (Å²) in [6.45, 7) is 3.34. The molecule has 9 heteroatoms. The smallest absolute Gasteiger partial charge is 0.411 e. The summed E-state index contributed by atoms with van der Waals surface area (Å²) in [5, 5.41) is 14.2. The molecule has 9 nitrogen and oxygen atoms in total. The number of hydrogen-bond donors (Lipinski definition) is 1. The fourth-order valence-electron chi connectivity index (χ4n) is 4.19. The number of carboxylic acid groups (broad SMARTS) is 1. The fraction of sp³-hybridized carbons (Fsp3) is 0.304. The molecule has 2 aromatic heterocycles. The molecule has 0 unspecified atom stereocenters. The maximum atomic E-state index is 13.2. The Morgan fingerprint density at radius 1 is 1.16 bits per heavy atom. The Bertz CT molecular complexity index is 1160. The van der Waals surface area contributed by atoms with E-state index in [2.05, 4.69) is 10.1 Å². The highest BCUT2D eigenvalue weighted by Crippen LogP contribution is 2.39. The molecule has 32 heavy (non-hydrogen) atoms. The molecule has 5 rings (SSSR count). The molecule has 1 saturated heterocycles. The van der Waals surface area contributed by atoms with Crippen molar-refractivity contribution >= 4 is 23.4 Å². The zero-order valence-electron chi connectivity index (χ0n) is 17.6. The third-order valence-electron chi connectivity index (χ3n) is 5.92. The van der Waals surface area contributed by atoms with Gasteiger partial charge in [-0.05, 0) is 36.2 Å². The average molecular weight is 433 g/mol. The molecular weight excluding hydrogens is 410 g/mol. The summed E-state index contributed by atoms with van der Waals surface area (Å²) in [5.74, 6) is -0.0951. The van der Waals surface area contributed by atoms with E-state index in [0.29, 0.717) is 24.6 Å². The molecule has 0 aliphatic carbocycles. The van der Waals surface area contributed by atoms with Crippen molar-refractivity contribution in [3.05, 3.63) is 60.7 Å². The number of aromatic nitrogens is 3. The summed E-state index contributed by atoms with van der Waals surface area (Å²) in [4.78, 5) is 32.3. The Morgan fingerprint density at radius 2 is 2.00 bits per heavy atom. The topological polar surface area (TPSA) is 101 Å². The van der Waals surface area contributed by atoms with Crippen molar-refractivity contribution < 1.29 is 19.4 Å². The molecule has 0 spiro atoms. The van der Waals surface area contributed by atoms with Gasteiger partial charge in [-0.25, -0.2) is 4.79 Å². The van der Waals surface area contributed by atoms with Gasteiger partial charge < -0.3 is 14.7 Å². The summed E-state index contributed by atoms with van der Waals surface area (Å²) in [6, 6.07) is 9.13. The van der Waals surface area contributed by atoms with E-state index in [-0.39, 0.29) is 31.0 Å². The monoisotopic (exact) mass is 433 g/mol. The standard InChI is InChI=1S/C23H23N5O4/c1-15-11-26(23(30)31)21-8-17(18-10-25-27(12-18)19-13-32-14-19)4-5-20(21)28(15)22(29)7-16-3-2-6-24-9-16/h2-6,8-10,12,15,19H,7,11,13-14H2,1H3,(H,30,31)/t15-/m0/s1. The number of anilines is 2. The van der Waals surface area contributed by atoms with E-state index in [4.69, 9.17) is 4.74 Å². The van der Waals surface area contributed by atoms with Crippen molar-refractivity contribution in [2.75, 3.05) is 29.6 Å². The van der Waals surface area contributed by atoms with Crippen molar-refractivity contribution in [2.24, 2.45) is 0 Å². The third kappa shape index (κ3) is 3.60. The SMILES string of the molecule is C[C@H]1CN(C(=O)O)c2cc(-c3cnn(C4COC4)c3)ccc2N1C(=O)Cc1cccnc1. The highest BCUT2D eigenvalue weighted by Gasteiger charge is 2.35. The Hall–Kier alpha value is -3.72. The molecule has 2 aliphatic heterocycles. The van der Waals surface area contributed by atoms with E-state index < -0.39 is 6.09 Å². The van der Waals surface area contributed by atoms with Crippen molar-refractivity contribution in [1.29, 1.82) is 0 Å². The first-order valence-electron chi connectivity index (χ1n) is 10.5. The van der Waals surface area contributed by atoms with Crippen LogP contribution in [0.2, 0.25) is 0 Å². The first-order chi connectivity index (χ1) is 15.5. The number of nitrogens with zero attached hydrogens (tertiary/aromatic N) is 5. The van der Waals surface area contributed by atoms with Gasteiger partial charge in [-0.15, -0.1) is 0 Å². The number of benzene rings is 1. The van der Waals surface area contributed by atoms with Crippen LogP contribution in [0.5, 0.6) is 0 Å². The molecule has 1 N–H and O–H groups in total. The van der Waals surface area contributed by atoms with Gasteiger partial charge in [0.25, 0.3) is 0 Å². The fourth-order valence-corrected chi connectivity index (χ4v) is 4.19. The number of carbonyl (C=O) groups is 2. The first kappa shape index (κ1) is 20.2. The quantitative estimate of drug-likeness (QED) is 0.679. The number of ether oxygens (including phenoxy) is 1. The van der Waals surface area contributed by atoms with Crippen molar-refractivity contribution in [2.45, 2.75) is 25.4 Å². The zero-order chi connectivity index (χ0) is 22.2. The Labute approximate surface area is 184 Å². The minimum Gasteiger partial charge on any atom is -0.465 e. The molecule has 2 amide bonds. The second kappa shape index (κ2) is 8.08. The predicted molar refractivity (Wildman–Crippen MR) is 118 cm³/mol. The maximum absolute atomic E-state index is 13.2. The van der Waals surface area contributed by atoms with Gasteiger partial charge in [-0.3, -0.25) is 19.4 Å². The Balaban J connectivity index is 1.50. The number of carbonyl (C=O) groups excluding carboxylic acids is 1. The van der Waals surface area contributed by atoms with Crippen molar-refractivity contribution in [3.63, 3.8) is 0 Å². The van der Waals surface area contributed by atoms with Crippen LogP contribution in [0, 0.1) is 0 Å². The van der Waals surface area contributed by atoms with Crippen LogP contribution in [0.3, 0.4) is 0 Å². The molecule has 1 fully saturated rings. The van der Waals surface area contributed by atoms with Gasteiger partial charge in [-0.1, -0.05) is 12.1 Å². The number of amides is 2. The van der Waals surface area contributed by atoms with Crippen molar-refractivity contribution in [3.8, 4) is 11.1 Å². The molecule has 164 valence electrons. The molecule has 0 saturated carbocycles. The lowest BCUT2D eigenvalue weighted by molar-refractivity contribution is -0.118. The molecule has 2 aliphatic rings. The highest BCUT2D eigenvalue weighted by molar-refractivity contribution is 6.04. The summed E-state index contributed by atoms with van der Waals surface area (Å²) in [6.07, 6.45) is 6.20. The minimum atomic E-state index is -1.04. The second-order valence-corrected chi connectivity index (χ2v) is 8.15. The van der Waals surface area contributed by atoms with Gasteiger partial charge in [0, 0.05) is 30.7 Å². The molecule has 1 aromatic carbocycles. The maximum Gasteiger partial charge on any atom is 0.411 e. The van der Waals surface area contributed by atoms with Crippen molar-refractivity contribution in [1.82, 2.24) is 14.8 Å². The van der Waals surface area contributed by atoms with Gasteiger partial charge >= 0.3 is 6.09 Å². The largest absolute Gasteiger partial charge is 0.465 e. The second-order valence-electron chi connectivity index (χ2n) is 8.15. The Kier molecular flexibility index (Phi) is 5.10. The number of hydrogen-bond acceptors (Lipinski definition) is 5. The highest BCUT2D eigenvalue weighted by atomic mass is 16.5. The van der Waals surface area contributed by atoms with E-state index in [0.717, 1.165) is 16.7 Å². The van der Waals surface area contributed by atoms with Gasteiger partial charge in [-0.2, -0.15) is 5.10 Å². The van der Waals surface area contributed by atoms with Crippen LogP contribution in [0.1, 0.15) is 18.5 Å². The lowest BCUT2D eigenvalue weighted by Gasteiger charge is -2.40. The van der Waals surface area contributed by atoms with Crippen LogP contribution in [-0.2, 0) is 16.0 Å². The van der Waals surface area contributed by atoms with Gasteiger partial charge in [0.1, 0.15) is 0 Å². The zero-order valence-corrected chi connectivity index (χ0v) is 17.6. The summed E-state index contributed by atoms with van der Waals surface area (Å²) < 4.78 is 7.11. The molecule has 0 radical (unpaired) electrons. The van der Waals surface area contributed by atoms with E-state index >= 15 is 0 Å². The molecule has 0 bridgehead atoms. The van der Waals surface area contributed by atoms with Crippen LogP contribution >= 0.6 is 0 Å². The summed E-state index contributed by atoms with van der Waals surface area (Å²) in [5.41, 5.74) is 3.62. The minimum absolute atomic E-state index is 0.0951. The Morgan fingerprint density at radius 3 is 2.69 bits per heavy atom. The lowest BCUT2D eigenvalue weighted by atomic mass is 10.0. The molecule has 3 aromatic rings. The van der Waals surface area contributed by atoms with E-state index in [9.17, 15) is 14.7 Å². The van der Waals surface area contributed by atoms with Crippen LogP contribution in [0.15, 0.2) is 55.1 Å². The predicted octanol–water partition coefficient (Wildman–Crippen LogP) is 2.98. The molecular formula is C23H23N5O4. The average Bonchev–Trinajstić information content (AvgIpc) is 3.21. The normalized spacial score (nSPS) is 18.2. The summed E-state index contributed by atoms with van der Waals surface area (Å²) >= 11 is 0. The van der Waals surface area contributed by atoms with E-state index in [1.807, 2.05) is 42.1 Å².